The lowest BCUT2D eigenvalue weighted by Gasteiger charge is -2.35. The summed E-state index contributed by atoms with van der Waals surface area (Å²) in [6.07, 6.45) is -1.62. The van der Waals surface area contributed by atoms with E-state index in [1.807, 2.05) is 30.3 Å². The van der Waals surface area contributed by atoms with Crippen LogP contribution in [0.3, 0.4) is 0 Å². The lowest BCUT2D eigenvalue weighted by molar-refractivity contribution is -0.139. The average Bonchev–Trinajstić information content (AvgIpc) is 2.89. The van der Waals surface area contributed by atoms with Gasteiger partial charge in [-0.15, -0.1) is 0 Å². The molecule has 0 atom stereocenters. The van der Waals surface area contributed by atoms with Gasteiger partial charge in [0.25, 0.3) is 0 Å². The normalized spacial score (nSPS) is 15.0. The number of alkyl halides is 3. The first-order valence-corrected chi connectivity index (χ1v) is 14.0. The van der Waals surface area contributed by atoms with Crippen LogP contribution < -0.4 is 4.90 Å². The van der Waals surface area contributed by atoms with E-state index in [9.17, 15) is 13.2 Å². The molecule has 0 saturated carbocycles. The quantitative estimate of drug-likeness (QED) is 0.287. The van der Waals surface area contributed by atoms with Crippen LogP contribution in [0, 0.1) is 0 Å². The van der Waals surface area contributed by atoms with Gasteiger partial charge in [0.1, 0.15) is 5.82 Å². The largest absolute Gasteiger partial charge is 0.417 e. The van der Waals surface area contributed by atoms with Gasteiger partial charge >= 0.3 is 6.18 Å². The number of nitrogens with zero attached hydrogens (tertiary/aromatic N) is 4. The van der Waals surface area contributed by atoms with Crippen molar-refractivity contribution in [2.24, 2.45) is 0 Å². The highest BCUT2D eigenvalue weighted by atomic mass is 32.2. The van der Waals surface area contributed by atoms with E-state index < -0.39 is 11.7 Å². The summed E-state index contributed by atoms with van der Waals surface area (Å²) in [5.41, 5.74) is 1.73. The predicted octanol–water partition coefficient (Wildman–Crippen LogP) is 7.12. The topological polar surface area (TPSA) is 22.6 Å². The highest BCUT2D eigenvalue weighted by molar-refractivity contribution is 7.99. The SMILES string of the molecule is CC(C)c1ccccc1Sc1ccc(-c2ccnc(N3CCN(CCCN(C)C)CC3)c2)cc1C(F)(F)F. The molecule has 0 bridgehead atoms. The van der Waals surface area contributed by atoms with Crippen molar-refractivity contribution in [3.8, 4) is 11.1 Å². The zero-order valence-corrected chi connectivity index (χ0v) is 23.4. The van der Waals surface area contributed by atoms with Crippen molar-refractivity contribution >= 4 is 17.6 Å². The van der Waals surface area contributed by atoms with Crippen LogP contribution in [0.25, 0.3) is 11.1 Å². The van der Waals surface area contributed by atoms with E-state index in [1.165, 1.54) is 17.8 Å². The molecule has 0 amide bonds. The van der Waals surface area contributed by atoms with Crippen LogP contribution in [0.2, 0.25) is 0 Å². The monoisotopic (exact) mass is 542 g/mol. The molecular formula is C30H37F3N4S. The first kappa shape index (κ1) is 28.5. The number of hydrogen-bond acceptors (Lipinski definition) is 5. The molecule has 4 rings (SSSR count). The van der Waals surface area contributed by atoms with Gasteiger partial charge in [-0.1, -0.05) is 49.9 Å². The van der Waals surface area contributed by atoms with Gasteiger partial charge in [-0.05, 0) is 86.5 Å². The minimum atomic E-state index is -4.45. The van der Waals surface area contributed by atoms with Crippen LogP contribution in [-0.4, -0.2) is 68.1 Å². The Kier molecular flexibility index (Phi) is 9.39. The fourth-order valence-corrected chi connectivity index (χ4v) is 6.00. The van der Waals surface area contributed by atoms with Crippen molar-refractivity contribution in [3.63, 3.8) is 0 Å². The molecule has 4 nitrogen and oxygen atoms in total. The summed E-state index contributed by atoms with van der Waals surface area (Å²) in [5.74, 6) is 1.04. The lowest BCUT2D eigenvalue weighted by atomic mass is 10.0. The molecule has 1 saturated heterocycles. The van der Waals surface area contributed by atoms with Gasteiger partial charge in [0.2, 0.25) is 0 Å². The van der Waals surface area contributed by atoms with E-state index in [1.54, 1.807) is 24.4 Å². The van der Waals surface area contributed by atoms with Crippen LogP contribution in [0.5, 0.6) is 0 Å². The first-order valence-electron chi connectivity index (χ1n) is 13.2. The number of piperazine rings is 1. The highest BCUT2D eigenvalue weighted by Gasteiger charge is 2.34. The molecule has 0 radical (unpaired) electrons. The number of aromatic nitrogens is 1. The van der Waals surface area contributed by atoms with Crippen LogP contribution in [0.1, 0.15) is 37.3 Å². The van der Waals surface area contributed by atoms with Crippen molar-refractivity contribution in [2.45, 2.75) is 42.2 Å². The van der Waals surface area contributed by atoms with Crippen molar-refractivity contribution in [3.05, 3.63) is 71.9 Å². The molecule has 0 unspecified atom stereocenters. The van der Waals surface area contributed by atoms with E-state index in [-0.39, 0.29) is 10.8 Å². The van der Waals surface area contributed by atoms with Gasteiger partial charge in [0, 0.05) is 42.2 Å². The second-order valence-electron chi connectivity index (χ2n) is 10.4. The fourth-order valence-electron chi connectivity index (χ4n) is 4.77. The molecule has 1 aromatic heterocycles. The van der Waals surface area contributed by atoms with Crippen molar-refractivity contribution < 1.29 is 13.2 Å². The number of halogens is 3. The summed E-state index contributed by atoms with van der Waals surface area (Å²) in [4.78, 5) is 12.5. The Hall–Kier alpha value is -2.55. The Bertz CT molecular complexity index is 1200. The molecule has 3 aromatic rings. The van der Waals surface area contributed by atoms with Gasteiger partial charge in [-0.25, -0.2) is 4.98 Å². The van der Waals surface area contributed by atoms with E-state index in [4.69, 9.17) is 0 Å². The number of anilines is 1. The number of hydrogen-bond donors (Lipinski definition) is 0. The first-order chi connectivity index (χ1) is 18.1. The molecule has 2 heterocycles. The molecule has 0 N–H and O–H groups in total. The fraction of sp³-hybridized carbons (Fsp3) is 0.433. The third kappa shape index (κ3) is 7.30. The molecule has 204 valence electrons. The van der Waals surface area contributed by atoms with Crippen molar-refractivity contribution in [1.29, 1.82) is 0 Å². The summed E-state index contributed by atoms with van der Waals surface area (Å²) >= 11 is 1.19. The molecule has 1 aliphatic heterocycles. The van der Waals surface area contributed by atoms with Crippen LogP contribution in [0.15, 0.2) is 70.6 Å². The second kappa shape index (κ2) is 12.5. The van der Waals surface area contributed by atoms with Crippen molar-refractivity contribution in [1.82, 2.24) is 14.8 Å². The predicted molar refractivity (Wildman–Crippen MR) is 151 cm³/mol. The molecule has 38 heavy (non-hydrogen) atoms. The molecule has 1 fully saturated rings. The highest BCUT2D eigenvalue weighted by Crippen LogP contribution is 2.43. The Morgan fingerprint density at radius 3 is 2.32 bits per heavy atom. The van der Waals surface area contributed by atoms with Gasteiger partial charge in [0.05, 0.1) is 5.56 Å². The van der Waals surface area contributed by atoms with E-state index >= 15 is 0 Å². The Balaban J connectivity index is 1.53. The third-order valence-corrected chi connectivity index (χ3v) is 8.07. The lowest BCUT2D eigenvalue weighted by Crippen LogP contribution is -2.47. The molecule has 2 aromatic carbocycles. The minimum absolute atomic E-state index is 0.217. The van der Waals surface area contributed by atoms with Gasteiger partial charge in [-0.3, -0.25) is 4.90 Å². The third-order valence-electron chi connectivity index (χ3n) is 6.90. The number of pyridine rings is 1. The zero-order valence-electron chi connectivity index (χ0n) is 22.6. The molecule has 8 heteroatoms. The van der Waals surface area contributed by atoms with E-state index in [0.29, 0.717) is 5.56 Å². The summed E-state index contributed by atoms with van der Waals surface area (Å²) < 4.78 is 42.6. The van der Waals surface area contributed by atoms with Gasteiger partial charge in [-0.2, -0.15) is 13.2 Å². The minimum Gasteiger partial charge on any atom is -0.354 e. The molecular weight excluding hydrogens is 505 g/mol. The molecule has 0 spiro atoms. The Labute approximate surface area is 228 Å². The second-order valence-corrected chi connectivity index (χ2v) is 11.5. The van der Waals surface area contributed by atoms with Crippen LogP contribution >= 0.6 is 11.8 Å². The van der Waals surface area contributed by atoms with Gasteiger partial charge in [0.15, 0.2) is 0 Å². The van der Waals surface area contributed by atoms with Crippen LogP contribution in [0.4, 0.5) is 19.0 Å². The van der Waals surface area contributed by atoms with Crippen LogP contribution in [-0.2, 0) is 6.18 Å². The van der Waals surface area contributed by atoms with E-state index in [0.717, 1.165) is 67.5 Å². The van der Waals surface area contributed by atoms with E-state index in [2.05, 4.69) is 47.6 Å². The summed E-state index contributed by atoms with van der Waals surface area (Å²) in [6, 6.07) is 16.1. The maximum absolute atomic E-state index is 14.2. The average molecular weight is 543 g/mol. The zero-order chi connectivity index (χ0) is 27.3. The maximum atomic E-state index is 14.2. The maximum Gasteiger partial charge on any atom is 0.417 e. The smallest absolute Gasteiger partial charge is 0.354 e. The van der Waals surface area contributed by atoms with Crippen molar-refractivity contribution in [2.75, 3.05) is 58.3 Å². The standard InChI is InChI=1S/C30H37F3N4S/c1-22(2)25-8-5-6-9-27(25)38-28-11-10-23(20-26(28)30(31,32)33)24-12-13-34-29(21-24)37-18-16-36(17-19-37)15-7-14-35(3)4/h5-6,8-13,20-22H,7,14-19H2,1-4H3. The summed E-state index contributed by atoms with van der Waals surface area (Å²) in [6.45, 7) is 9.90. The number of benzene rings is 2. The summed E-state index contributed by atoms with van der Waals surface area (Å²) in [5, 5.41) is 0. The summed E-state index contributed by atoms with van der Waals surface area (Å²) in [7, 11) is 4.18. The molecule has 0 aliphatic carbocycles. The Morgan fingerprint density at radius 1 is 0.921 bits per heavy atom. The van der Waals surface area contributed by atoms with Gasteiger partial charge < -0.3 is 9.80 Å². The Morgan fingerprint density at radius 2 is 1.63 bits per heavy atom. The molecule has 1 aliphatic rings. The number of rotatable bonds is 9.